The van der Waals surface area contributed by atoms with Gasteiger partial charge in [-0.2, -0.15) is 11.8 Å². The maximum atomic E-state index is 12.6. The fourth-order valence-electron chi connectivity index (χ4n) is 2.85. The van der Waals surface area contributed by atoms with Gasteiger partial charge >= 0.3 is 0 Å². The third-order valence-corrected chi connectivity index (χ3v) is 5.45. The molecule has 2 fully saturated rings. The molecule has 1 aliphatic carbocycles. The zero-order chi connectivity index (χ0) is 13.4. The summed E-state index contributed by atoms with van der Waals surface area (Å²) in [7, 11) is 0. The van der Waals surface area contributed by atoms with Crippen LogP contribution in [0.4, 0.5) is 0 Å². The summed E-state index contributed by atoms with van der Waals surface area (Å²) in [6.45, 7) is 8.42. The lowest BCUT2D eigenvalue weighted by molar-refractivity contribution is -0.179. The number of thioether (sulfide) groups is 1. The third kappa shape index (κ3) is 2.06. The zero-order valence-electron chi connectivity index (χ0n) is 11.6. The van der Waals surface area contributed by atoms with Crippen molar-refractivity contribution < 1.29 is 9.53 Å². The van der Waals surface area contributed by atoms with E-state index in [0.29, 0.717) is 13.0 Å². The second-order valence-corrected chi connectivity index (χ2v) is 6.97. The monoisotopic (exact) mass is 272 g/mol. The maximum absolute atomic E-state index is 12.6. The Morgan fingerprint density at radius 3 is 2.56 bits per heavy atom. The summed E-state index contributed by atoms with van der Waals surface area (Å²) in [6, 6.07) is 0. The van der Waals surface area contributed by atoms with Crippen LogP contribution in [0.5, 0.6) is 0 Å². The Kier molecular flexibility index (Phi) is 3.95. The van der Waals surface area contributed by atoms with Crippen molar-refractivity contribution in [3.63, 3.8) is 0 Å². The van der Waals surface area contributed by atoms with Gasteiger partial charge in [0.1, 0.15) is 5.54 Å². The number of rotatable bonds is 3. The van der Waals surface area contributed by atoms with Crippen molar-refractivity contribution in [1.29, 1.82) is 0 Å². The topological polar surface area (TPSA) is 55.6 Å². The molecule has 0 aromatic carbocycles. The van der Waals surface area contributed by atoms with E-state index in [2.05, 4.69) is 0 Å². The lowest BCUT2D eigenvalue weighted by atomic mass is 9.54. The molecule has 0 spiro atoms. The summed E-state index contributed by atoms with van der Waals surface area (Å²) in [5.74, 6) is 2.16. The Labute approximate surface area is 114 Å². The first-order chi connectivity index (χ1) is 8.43. The molecule has 0 aromatic heterocycles. The van der Waals surface area contributed by atoms with Crippen molar-refractivity contribution in [2.45, 2.75) is 38.8 Å². The molecule has 1 saturated carbocycles. The summed E-state index contributed by atoms with van der Waals surface area (Å²) in [5, 5.41) is 0. The summed E-state index contributed by atoms with van der Waals surface area (Å²) < 4.78 is 5.67. The first-order valence-electron chi connectivity index (χ1n) is 6.71. The average Bonchev–Trinajstić information content (AvgIpc) is 2.38. The van der Waals surface area contributed by atoms with Gasteiger partial charge in [0.2, 0.25) is 5.91 Å². The van der Waals surface area contributed by atoms with Crippen LogP contribution in [0.25, 0.3) is 0 Å². The van der Waals surface area contributed by atoms with Crippen molar-refractivity contribution in [2.24, 2.45) is 11.1 Å². The number of ether oxygens (including phenoxy) is 1. The average molecular weight is 272 g/mol. The van der Waals surface area contributed by atoms with Gasteiger partial charge in [0.15, 0.2) is 0 Å². The number of amides is 1. The molecule has 2 atom stereocenters. The molecule has 1 heterocycles. The number of nitrogens with zero attached hydrogens (tertiary/aromatic N) is 1. The molecule has 2 rings (SSSR count). The van der Waals surface area contributed by atoms with Crippen LogP contribution in [-0.4, -0.2) is 53.7 Å². The highest BCUT2D eigenvalue weighted by Gasteiger charge is 2.63. The summed E-state index contributed by atoms with van der Waals surface area (Å²) in [4.78, 5) is 14.5. The Balaban J connectivity index is 2.05. The molecule has 104 valence electrons. The summed E-state index contributed by atoms with van der Waals surface area (Å²) in [5.41, 5.74) is 5.38. The van der Waals surface area contributed by atoms with Crippen LogP contribution in [0.3, 0.4) is 0 Å². The van der Waals surface area contributed by atoms with Crippen molar-refractivity contribution in [2.75, 3.05) is 31.2 Å². The normalized spacial score (nSPS) is 35.1. The van der Waals surface area contributed by atoms with Crippen LogP contribution < -0.4 is 5.73 Å². The Morgan fingerprint density at radius 2 is 2.06 bits per heavy atom. The fraction of sp³-hybridized carbons (Fsp3) is 0.923. The van der Waals surface area contributed by atoms with Crippen molar-refractivity contribution in [1.82, 2.24) is 4.90 Å². The molecule has 2 unspecified atom stereocenters. The summed E-state index contributed by atoms with van der Waals surface area (Å²) >= 11 is 1.90. The van der Waals surface area contributed by atoms with Crippen molar-refractivity contribution in [3.8, 4) is 0 Å². The molecular weight excluding hydrogens is 248 g/mol. The SMILES string of the molecule is CCOC1CC(N)(C(=O)N2CCSCC2)C1(C)C. The van der Waals surface area contributed by atoms with E-state index in [9.17, 15) is 4.79 Å². The highest BCUT2D eigenvalue weighted by molar-refractivity contribution is 7.99. The molecule has 0 radical (unpaired) electrons. The standard InChI is InChI=1S/C13H24N2O2S/c1-4-17-10-9-13(14,12(10,2)3)11(16)15-5-7-18-8-6-15/h10H,4-9,14H2,1-3H3. The molecular formula is C13H24N2O2S. The molecule has 1 saturated heterocycles. The van der Waals surface area contributed by atoms with E-state index in [1.807, 2.05) is 37.4 Å². The summed E-state index contributed by atoms with van der Waals surface area (Å²) in [6.07, 6.45) is 0.756. The van der Waals surface area contributed by atoms with Crippen molar-refractivity contribution in [3.05, 3.63) is 0 Å². The van der Waals surface area contributed by atoms with E-state index in [-0.39, 0.29) is 17.4 Å². The number of nitrogens with two attached hydrogens (primary N) is 1. The van der Waals surface area contributed by atoms with Gasteiger partial charge < -0.3 is 15.4 Å². The third-order valence-electron chi connectivity index (χ3n) is 4.51. The smallest absolute Gasteiger partial charge is 0.243 e. The Bertz CT molecular complexity index is 329. The molecule has 1 amide bonds. The highest BCUT2D eigenvalue weighted by Crippen LogP contribution is 2.50. The Morgan fingerprint density at radius 1 is 1.44 bits per heavy atom. The van der Waals surface area contributed by atoms with Crippen molar-refractivity contribution >= 4 is 17.7 Å². The van der Waals surface area contributed by atoms with Gasteiger partial charge in [0.25, 0.3) is 0 Å². The van der Waals surface area contributed by atoms with Gasteiger partial charge in [0, 0.05) is 43.0 Å². The number of hydrogen-bond donors (Lipinski definition) is 1. The van der Waals surface area contributed by atoms with E-state index in [1.54, 1.807) is 0 Å². The minimum Gasteiger partial charge on any atom is -0.378 e. The molecule has 0 bridgehead atoms. The molecule has 4 nitrogen and oxygen atoms in total. The van der Waals surface area contributed by atoms with Gasteiger partial charge in [-0.25, -0.2) is 0 Å². The quantitative estimate of drug-likeness (QED) is 0.836. The number of carbonyl (C=O) groups is 1. The Hall–Kier alpha value is -0.260. The van der Waals surface area contributed by atoms with Crippen LogP contribution in [0.15, 0.2) is 0 Å². The predicted molar refractivity (Wildman–Crippen MR) is 74.6 cm³/mol. The van der Waals surface area contributed by atoms with E-state index < -0.39 is 5.54 Å². The van der Waals surface area contributed by atoms with E-state index in [0.717, 1.165) is 24.6 Å². The molecule has 18 heavy (non-hydrogen) atoms. The minimum absolute atomic E-state index is 0.107. The van der Waals surface area contributed by atoms with E-state index in [1.165, 1.54) is 0 Å². The van der Waals surface area contributed by atoms with Gasteiger partial charge in [0.05, 0.1) is 6.10 Å². The molecule has 2 aliphatic rings. The van der Waals surface area contributed by atoms with Crippen LogP contribution in [0, 0.1) is 5.41 Å². The molecule has 1 aliphatic heterocycles. The molecule has 2 N–H and O–H groups in total. The first kappa shape index (κ1) is 14.2. The molecule has 0 aromatic rings. The number of hydrogen-bond acceptors (Lipinski definition) is 4. The number of carbonyl (C=O) groups excluding carboxylic acids is 1. The van der Waals surface area contributed by atoms with Crippen LogP contribution in [-0.2, 0) is 9.53 Å². The fourth-order valence-corrected chi connectivity index (χ4v) is 3.75. The van der Waals surface area contributed by atoms with Gasteiger partial charge in [-0.05, 0) is 6.92 Å². The zero-order valence-corrected chi connectivity index (χ0v) is 12.4. The second kappa shape index (κ2) is 5.02. The lowest BCUT2D eigenvalue weighted by Crippen LogP contribution is -2.76. The minimum atomic E-state index is -0.741. The maximum Gasteiger partial charge on any atom is 0.243 e. The van der Waals surface area contributed by atoms with Gasteiger partial charge in [-0.3, -0.25) is 4.79 Å². The predicted octanol–water partition coefficient (Wildman–Crippen LogP) is 1.09. The van der Waals surface area contributed by atoms with E-state index >= 15 is 0 Å². The van der Waals surface area contributed by atoms with Gasteiger partial charge in [-0.1, -0.05) is 13.8 Å². The highest BCUT2D eigenvalue weighted by atomic mass is 32.2. The molecule has 5 heteroatoms. The van der Waals surface area contributed by atoms with E-state index in [4.69, 9.17) is 10.5 Å². The first-order valence-corrected chi connectivity index (χ1v) is 7.86. The van der Waals surface area contributed by atoms with Crippen LogP contribution >= 0.6 is 11.8 Å². The van der Waals surface area contributed by atoms with Crippen LogP contribution in [0.2, 0.25) is 0 Å². The van der Waals surface area contributed by atoms with Gasteiger partial charge in [-0.15, -0.1) is 0 Å². The lowest BCUT2D eigenvalue weighted by Gasteiger charge is -2.58. The second-order valence-electron chi connectivity index (χ2n) is 5.75. The van der Waals surface area contributed by atoms with Crippen LogP contribution in [0.1, 0.15) is 27.2 Å². The largest absolute Gasteiger partial charge is 0.378 e.